The predicted octanol–water partition coefficient (Wildman–Crippen LogP) is 1.71. The van der Waals surface area contributed by atoms with Crippen molar-refractivity contribution in [3.05, 3.63) is 25.0 Å². The predicted molar refractivity (Wildman–Crippen MR) is 83.4 cm³/mol. The lowest BCUT2D eigenvalue weighted by molar-refractivity contribution is -0.109. The molecular weight excluding hydrogens is 304 g/mol. The van der Waals surface area contributed by atoms with Gasteiger partial charge in [0.2, 0.25) is 0 Å². The number of aromatic nitrogens is 3. The molecule has 1 aliphatic rings. The Morgan fingerprint density at radius 2 is 2.36 bits per heavy atom. The molecule has 0 radical (unpaired) electrons. The largest absolute Gasteiger partial charge is 0.445 e. The smallest absolute Gasteiger partial charge is 0.410 e. The van der Waals surface area contributed by atoms with Crippen molar-refractivity contribution < 1.29 is 14.3 Å². The first-order valence-electron chi connectivity index (χ1n) is 7.15. The highest BCUT2D eigenvalue weighted by molar-refractivity contribution is 8.14. The van der Waals surface area contributed by atoms with Crippen molar-refractivity contribution in [2.45, 2.75) is 37.6 Å². The first-order valence-corrected chi connectivity index (χ1v) is 8.03. The second-order valence-electron chi connectivity index (χ2n) is 5.09. The second kappa shape index (κ2) is 7.98. The highest BCUT2D eigenvalue weighted by atomic mass is 32.2. The molecule has 0 unspecified atom stereocenters. The van der Waals surface area contributed by atoms with Crippen LogP contribution in [-0.4, -0.2) is 55.5 Å². The molecule has 1 aliphatic heterocycles. The topological polar surface area (TPSA) is 77.3 Å². The Hall–Kier alpha value is -1.83. The Balaban J connectivity index is 1.96. The monoisotopic (exact) mass is 324 g/mol. The summed E-state index contributed by atoms with van der Waals surface area (Å²) in [6.45, 7) is 6.48. The van der Waals surface area contributed by atoms with Crippen LogP contribution in [0.5, 0.6) is 0 Å². The number of carbonyl (C=O) groups excluding carboxylic acids is 2. The van der Waals surface area contributed by atoms with Gasteiger partial charge in [-0.15, -0.1) is 5.10 Å². The van der Waals surface area contributed by atoms with Gasteiger partial charge in [0, 0.05) is 37.5 Å². The summed E-state index contributed by atoms with van der Waals surface area (Å²) in [5.74, 6) is 0. The molecular formula is C14H20N4O3S. The Bertz CT molecular complexity index is 520. The Kier molecular flexibility index (Phi) is 6.00. The van der Waals surface area contributed by atoms with E-state index >= 15 is 0 Å². The van der Waals surface area contributed by atoms with Gasteiger partial charge >= 0.3 is 6.09 Å². The fourth-order valence-electron chi connectivity index (χ4n) is 2.54. The molecule has 0 N–H and O–H groups in total. The standard InChI is InChI=1S/C14H20N4O3S/c1-3-8-21-14(20)18-10-13(22-11(2)19)9-12(18)4-6-17-7-5-15-16-17/h3,5,7,12-13H,1,4,6,8-10H2,2H3/t12-,13+/m1/s1. The molecule has 1 fully saturated rings. The molecule has 2 rings (SSSR count). The minimum Gasteiger partial charge on any atom is -0.445 e. The molecule has 0 aromatic carbocycles. The molecule has 1 amide bonds. The third kappa shape index (κ3) is 4.59. The first-order chi connectivity index (χ1) is 10.6. The van der Waals surface area contributed by atoms with E-state index in [9.17, 15) is 9.59 Å². The van der Waals surface area contributed by atoms with Crippen molar-refractivity contribution in [2.75, 3.05) is 13.2 Å². The number of likely N-dealkylation sites (tertiary alicyclic amines) is 1. The molecule has 8 heteroatoms. The van der Waals surface area contributed by atoms with Crippen molar-refractivity contribution >= 4 is 23.0 Å². The van der Waals surface area contributed by atoms with E-state index in [1.165, 1.54) is 11.8 Å². The van der Waals surface area contributed by atoms with Crippen LogP contribution in [0.3, 0.4) is 0 Å². The van der Waals surface area contributed by atoms with E-state index in [2.05, 4.69) is 16.9 Å². The number of ether oxygens (including phenoxy) is 1. The molecule has 22 heavy (non-hydrogen) atoms. The quantitative estimate of drug-likeness (QED) is 0.741. The Morgan fingerprint density at radius 1 is 1.55 bits per heavy atom. The SMILES string of the molecule is C=CCOC(=O)N1C[C@@H](SC(C)=O)C[C@H]1CCn1ccnn1. The summed E-state index contributed by atoms with van der Waals surface area (Å²) in [4.78, 5) is 25.1. The van der Waals surface area contributed by atoms with Gasteiger partial charge in [-0.3, -0.25) is 9.48 Å². The van der Waals surface area contributed by atoms with E-state index in [1.807, 2.05) is 0 Å². The number of carbonyl (C=O) groups is 2. The van der Waals surface area contributed by atoms with Crippen LogP contribution in [-0.2, 0) is 16.1 Å². The summed E-state index contributed by atoms with van der Waals surface area (Å²) in [6.07, 6.45) is 6.13. The summed E-state index contributed by atoms with van der Waals surface area (Å²) in [5, 5.41) is 7.88. The van der Waals surface area contributed by atoms with Gasteiger partial charge in [-0.1, -0.05) is 29.6 Å². The van der Waals surface area contributed by atoms with Crippen LogP contribution in [0.1, 0.15) is 19.8 Å². The minimum absolute atomic E-state index is 0.0402. The molecule has 0 bridgehead atoms. The van der Waals surface area contributed by atoms with Crippen molar-refractivity contribution in [3.8, 4) is 0 Å². The molecule has 1 aromatic heterocycles. The molecule has 0 saturated carbocycles. The van der Waals surface area contributed by atoms with E-state index in [-0.39, 0.29) is 29.1 Å². The maximum absolute atomic E-state index is 12.1. The van der Waals surface area contributed by atoms with Gasteiger partial charge in [-0.25, -0.2) is 4.79 Å². The van der Waals surface area contributed by atoms with E-state index in [0.29, 0.717) is 13.1 Å². The summed E-state index contributed by atoms with van der Waals surface area (Å²) in [7, 11) is 0. The second-order valence-corrected chi connectivity index (χ2v) is 6.57. The van der Waals surface area contributed by atoms with Crippen LogP contribution in [0, 0.1) is 0 Å². The van der Waals surface area contributed by atoms with Crippen LogP contribution in [0.25, 0.3) is 0 Å². The van der Waals surface area contributed by atoms with Crippen molar-refractivity contribution in [2.24, 2.45) is 0 Å². The summed E-state index contributed by atoms with van der Waals surface area (Å²) in [5.41, 5.74) is 0. The third-order valence-electron chi connectivity index (χ3n) is 3.43. The van der Waals surface area contributed by atoms with Crippen LogP contribution in [0.4, 0.5) is 4.79 Å². The van der Waals surface area contributed by atoms with Gasteiger partial charge in [-0.2, -0.15) is 0 Å². The average Bonchev–Trinajstić information content (AvgIpc) is 3.11. The number of rotatable bonds is 6. The van der Waals surface area contributed by atoms with Gasteiger partial charge in [0.1, 0.15) is 6.61 Å². The average molecular weight is 324 g/mol. The number of nitrogens with zero attached hydrogens (tertiary/aromatic N) is 4. The molecule has 2 atom stereocenters. The zero-order chi connectivity index (χ0) is 15.9. The van der Waals surface area contributed by atoms with Crippen molar-refractivity contribution in [3.63, 3.8) is 0 Å². The summed E-state index contributed by atoms with van der Waals surface area (Å²) in [6, 6.07) is 0.0402. The summed E-state index contributed by atoms with van der Waals surface area (Å²) < 4.78 is 6.87. The third-order valence-corrected chi connectivity index (χ3v) is 4.44. The first kappa shape index (κ1) is 16.5. The maximum atomic E-state index is 12.1. The number of amides is 1. The van der Waals surface area contributed by atoms with E-state index in [0.717, 1.165) is 12.8 Å². The normalized spacial score (nSPS) is 20.9. The Morgan fingerprint density at radius 3 is 3.00 bits per heavy atom. The zero-order valence-corrected chi connectivity index (χ0v) is 13.4. The molecule has 0 spiro atoms. The van der Waals surface area contributed by atoms with Crippen molar-refractivity contribution in [1.29, 1.82) is 0 Å². The minimum atomic E-state index is -0.352. The van der Waals surface area contributed by atoms with E-state index < -0.39 is 0 Å². The van der Waals surface area contributed by atoms with Gasteiger partial charge in [0.25, 0.3) is 0 Å². The van der Waals surface area contributed by atoms with Gasteiger partial charge in [0.05, 0.1) is 6.20 Å². The lowest BCUT2D eigenvalue weighted by Gasteiger charge is -2.23. The molecule has 7 nitrogen and oxygen atoms in total. The molecule has 2 heterocycles. The molecule has 1 aromatic rings. The number of thioether (sulfide) groups is 1. The highest BCUT2D eigenvalue weighted by Crippen LogP contribution is 2.30. The van der Waals surface area contributed by atoms with Gasteiger partial charge in [0.15, 0.2) is 5.12 Å². The van der Waals surface area contributed by atoms with Gasteiger partial charge < -0.3 is 9.64 Å². The fourth-order valence-corrected chi connectivity index (χ4v) is 3.56. The molecule has 120 valence electrons. The number of hydrogen-bond donors (Lipinski definition) is 0. The van der Waals surface area contributed by atoms with Crippen LogP contribution >= 0.6 is 11.8 Å². The highest BCUT2D eigenvalue weighted by Gasteiger charge is 2.36. The zero-order valence-electron chi connectivity index (χ0n) is 12.6. The van der Waals surface area contributed by atoms with Crippen LogP contribution < -0.4 is 0 Å². The van der Waals surface area contributed by atoms with Gasteiger partial charge in [-0.05, 0) is 12.8 Å². The summed E-state index contributed by atoms with van der Waals surface area (Å²) >= 11 is 1.29. The fraction of sp³-hybridized carbons (Fsp3) is 0.571. The number of hydrogen-bond acceptors (Lipinski definition) is 6. The molecule has 1 saturated heterocycles. The Labute approximate surface area is 133 Å². The lowest BCUT2D eigenvalue weighted by Crippen LogP contribution is -2.37. The van der Waals surface area contributed by atoms with Crippen molar-refractivity contribution in [1.82, 2.24) is 19.9 Å². The maximum Gasteiger partial charge on any atom is 0.410 e. The van der Waals surface area contributed by atoms with Crippen LogP contribution in [0.2, 0.25) is 0 Å². The molecule has 0 aliphatic carbocycles. The van der Waals surface area contributed by atoms with E-state index in [4.69, 9.17) is 4.74 Å². The number of aryl methyl sites for hydroxylation is 1. The lowest BCUT2D eigenvalue weighted by atomic mass is 10.1. The van der Waals surface area contributed by atoms with E-state index in [1.54, 1.807) is 35.0 Å². The van der Waals surface area contributed by atoms with Crippen LogP contribution in [0.15, 0.2) is 25.0 Å².